The SMILES string of the molecule is CCN(CC)CCCNC(=O)c1cccc(N)c1Br. The Kier molecular flexibility index (Phi) is 6.87. The first-order valence-electron chi connectivity index (χ1n) is 6.64. The van der Waals surface area contributed by atoms with Crippen molar-refractivity contribution < 1.29 is 4.79 Å². The molecule has 0 heterocycles. The second-order valence-corrected chi connectivity index (χ2v) is 5.14. The summed E-state index contributed by atoms with van der Waals surface area (Å²) in [5.74, 6) is -0.0845. The van der Waals surface area contributed by atoms with Gasteiger partial charge in [-0.25, -0.2) is 0 Å². The summed E-state index contributed by atoms with van der Waals surface area (Å²) in [6, 6.07) is 5.31. The van der Waals surface area contributed by atoms with Crippen LogP contribution in [0.5, 0.6) is 0 Å². The predicted molar refractivity (Wildman–Crippen MR) is 83.3 cm³/mol. The van der Waals surface area contributed by atoms with Gasteiger partial charge in [-0.2, -0.15) is 0 Å². The Labute approximate surface area is 123 Å². The van der Waals surface area contributed by atoms with E-state index >= 15 is 0 Å². The van der Waals surface area contributed by atoms with E-state index in [1.807, 2.05) is 0 Å². The average Bonchev–Trinajstić information content (AvgIpc) is 2.42. The minimum atomic E-state index is -0.0845. The third kappa shape index (κ3) is 4.84. The number of anilines is 1. The molecule has 106 valence electrons. The van der Waals surface area contributed by atoms with E-state index in [-0.39, 0.29) is 5.91 Å². The van der Waals surface area contributed by atoms with E-state index in [1.165, 1.54) is 0 Å². The summed E-state index contributed by atoms with van der Waals surface area (Å²) in [7, 11) is 0. The molecule has 4 nitrogen and oxygen atoms in total. The quantitative estimate of drug-likeness (QED) is 0.597. The third-order valence-corrected chi connectivity index (χ3v) is 3.99. The average molecular weight is 328 g/mol. The van der Waals surface area contributed by atoms with Crippen LogP contribution in [0.3, 0.4) is 0 Å². The molecule has 0 atom stereocenters. The Hall–Kier alpha value is -1.07. The molecule has 0 radical (unpaired) electrons. The lowest BCUT2D eigenvalue weighted by atomic mass is 10.2. The molecule has 19 heavy (non-hydrogen) atoms. The maximum absolute atomic E-state index is 12.0. The van der Waals surface area contributed by atoms with Gasteiger partial charge in [0, 0.05) is 12.2 Å². The zero-order valence-corrected chi connectivity index (χ0v) is 13.2. The van der Waals surface area contributed by atoms with Gasteiger partial charge in [-0.05, 0) is 54.1 Å². The number of carbonyl (C=O) groups is 1. The zero-order valence-electron chi connectivity index (χ0n) is 11.6. The van der Waals surface area contributed by atoms with Crippen LogP contribution in [0.25, 0.3) is 0 Å². The summed E-state index contributed by atoms with van der Waals surface area (Å²) in [4.78, 5) is 14.3. The second kappa shape index (κ2) is 8.17. The molecule has 0 fully saturated rings. The largest absolute Gasteiger partial charge is 0.398 e. The number of nitrogen functional groups attached to an aromatic ring is 1. The zero-order chi connectivity index (χ0) is 14.3. The molecule has 0 aromatic heterocycles. The molecular weight excluding hydrogens is 306 g/mol. The van der Waals surface area contributed by atoms with E-state index in [4.69, 9.17) is 5.73 Å². The van der Waals surface area contributed by atoms with Crippen molar-refractivity contribution in [1.29, 1.82) is 0 Å². The van der Waals surface area contributed by atoms with Crippen LogP contribution in [0.1, 0.15) is 30.6 Å². The van der Waals surface area contributed by atoms with Crippen LogP contribution in [-0.4, -0.2) is 37.0 Å². The van der Waals surface area contributed by atoms with Gasteiger partial charge in [-0.15, -0.1) is 0 Å². The van der Waals surface area contributed by atoms with E-state index in [0.29, 0.717) is 22.3 Å². The fourth-order valence-electron chi connectivity index (χ4n) is 1.86. The van der Waals surface area contributed by atoms with E-state index < -0.39 is 0 Å². The van der Waals surface area contributed by atoms with Crippen molar-refractivity contribution in [2.24, 2.45) is 0 Å². The first kappa shape index (κ1) is 16.0. The molecule has 1 rings (SSSR count). The number of carbonyl (C=O) groups excluding carboxylic acids is 1. The van der Waals surface area contributed by atoms with E-state index in [1.54, 1.807) is 18.2 Å². The topological polar surface area (TPSA) is 58.4 Å². The maximum Gasteiger partial charge on any atom is 0.252 e. The third-order valence-electron chi connectivity index (χ3n) is 3.10. The normalized spacial score (nSPS) is 10.7. The number of rotatable bonds is 7. The van der Waals surface area contributed by atoms with Crippen LogP contribution >= 0.6 is 15.9 Å². The lowest BCUT2D eigenvalue weighted by Crippen LogP contribution is -2.30. The van der Waals surface area contributed by atoms with Crippen molar-refractivity contribution in [3.63, 3.8) is 0 Å². The molecule has 0 unspecified atom stereocenters. The number of halogens is 1. The number of benzene rings is 1. The molecule has 3 N–H and O–H groups in total. The van der Waals surface area contributed by atoms with Crippen molar-refractivity contribution in [3.8, 4) is 0 Å². The Bertz CT molecular complexity index is 419. The van der Waals surface area contributed by atoms with Gasteiger partial charge in [-0.3, -0.25) is 4.79 Å². The van der Waals surface area contributed by atoms with Crippen molar-refractivity contribution in [3.05, 3.63) is 28.2 Å². The van der Waals surface area contributed by atoms with E-state index in [0.717, 1.165) is 26.1 Å². The van der Waals surface area contributed by atoms with E-state index in [9.17, 15) is 4.79 Å². The summed E-state index contributed by atoms with van der Waals surface area (Å²) in [5, 5.41) is 2.92. The highest BCUT2D eigenvalue weighted by Gasteiger charge is 2.11. The maximum atomic E-state index is 12.0. The summed E-state index contributed by atoms with van der Waals surface area (Å²) in [6.45, 7) is 8.07. The molecule has 5 heteroatoms. The van der Waals surface area contributed by atoms with Gasteiger partial charge < -0.3 is 16.0 Å². The van der Waals surface area contributed by atoms with Crippen molar-refractivity contribution >= 4 is 27.5 Å². The number of amides is 1. The first-order chi connectivity index (χ1) is 9.10. The van der Waals surface area contributed by atoms with Crippen molar-refractivity contribution in [2.75, 3.05) is 31.9 Å². The van der Waals surface area contributed by atoms with E-state index in [2.05, 4.69) is 40.0 Å². The molecule has 0 bridgehead atoms. The van der Waals surface area contributed by atoms with Crippen LogP contribution < -0.4 is 11.1 Å². The Morgan fingerprint density at radius 1 is 1.37 bits per heavy atom. The van der Waals surface area contributed by atoms with Gasteiger partial charge in [0.05, 0.1) is 10.0 Å². The molecule has 0 spiro atoms. The number of nitrogens with zero attached hydrogens (tertiary/aromatic N) is 1. The Balaban J connectivity index is 2.41. The van der Waals surface area contributed by atoms with Gasteiger partial charge in [0.2, 0.25) is 0 Å². The molecule has 0 saturated heterocycles. The van der Waals surface area contributed by atoms with Crippen molar-refractivity contribution in [2.45, 2.75) is 20.3 Å². The molecular formula is C14H22BrN3O. The standard InChI is InChI=1S/C14H22BrN3O/c1-3-18(4-2)10-6-9-17-14(19)11-7-5-8-12(16)13(11)15/h5,7-8H,3-4,6,9-10,16H2,1-2H3,(H,17,19). The fourth-order valence-corrected chi connectivity index (χ4v) is 2.31. The highest BCUT2D eigenvalue weighted by atomic mass is 79.9. The number of nitrogens with one attached hydrogen (secondary N) is 1. The minimum absolute atomic E-state index is 0.0845. The molecule has 1 amide bonds. The highest BCUT2D eigenvalue weighted by molar-refractivity contribution is 9.10. The van der Waals surface area contributed by atoms with Crippen LogP contribution in [0.2, 0.25) is 0 Å². The smallest absolute Gasteiger partial charge is 0.252 e. The van der Waals surface area contributed by atoms with Gasteiger partial charge >= 0.3 is 0 Å². The molecule has 0 aliphatic carbocycles. The van der Waals surface area contributed by atoms with Gasteiger partial charge in [-0.1, -0.05) is 19.9 Å². The Morgan fingerprint density at radius 3 is 2.68 bits per heavy atom. The Morgan fingerprint density at radius 2 is 2.05 bits per heavy atom. The minimum Gasteiger partial charge on any atom is -0.398 e. The number of nitrogens with two attached hydrogens (primary N) is 1. The number of hydrogen-bond donors (Lipinski definition) is 2. The van der Waals surface area contributed by atoms with Gasteiger partial charge in [0.1, 0.15) is 0 Å². The lowest BCUT2D eigenvalue weighted by molar-refractivity contribution is 0.0951. The summed E-state index contributed by atoms with van der Waals surface area (Å²) >= 11 is 3.34. The van der Waals surface area contributed by atoms with Gasteiger partial charge in [0.15, 0.2) is 0 Å². The predicted octanol–water partition coefficient (Wildman–Crippen LogP) is 2.49. The molecule has 0 aliphatic heterocycles. The molecule has 1 aromatic carbocycles. The molecule has 0 saturated carbocycles. The van der Waals surface area contributed by atoms with Crippen LogP contribution in [0, 0.1) is 0 Å². The number of hydrogen-bond acceptors (Lipinski definition) is 3. The van der Waals surface area contributed by atoms with Gasteiger partial charge in [0.25, 0.3) is 5.91 Å². The van der Waals surface area contributed by atoms with Crippen LogP contribution in [0.4, 0.5) is 5.69 Å². The van der Waals surface area contributed by atoms with Crippen LogP contribution in [0.15, 0.2) is 22.7 Å². The molecule has 0 aliphatic rings. The highest BCUT2D eigenvalue weighted by Crippen LogP contribution is 2.23. The van der Waals surface area contributed by atoms with Crippen LogP contribution in [-0.2, 0) is 0 Å². The van der Waals surface area contributed by atoms with Crippen molar-refractivity contribution in [1.82, 2.24) is 10.2 Å². The summed E-state index contributed by atoms with van der Waals surface area (Å²) in [6.07, 6.45) is 0.952. The summed E-state index contributed by atoms with van der Waals surface area (Å²) < 4.78 is 0.663. The second-order valence-electron chi connectivity index (χ2n) is 4.35. The lowest BCUT2D eigenvalue weighted by Gasteiger charge is -2.17. The fraction of sp³-hybridized carbons (Fsp3) is 0.500. The molecule has 1 aromatic rings. The monoisotopic (exact) mass is 327 g/mol. The summed E-state index contributed by atoms with van der Waals surface area (Å²) in [5.41, 5.74) is 6.92. The first-order valence-corrected chi connectivity index (χ1v) is 7.44.